The number of hydrogen-bond donors (Lipinski definition) is 3. The zero-order valence-electron chi connectivity index (χ0n) is 34.8. The van der Waals surface area contributed by atoms with Crippen LogP contribution in [0, 0.1) is 0 Å². The quantitative estimate of drug-likeness (QED) is 0.0329. The Kier molecular flexibility index (Phi) is 41.2. The van der Waals surface area contributed by atoms with Crippen molar-refractivity contribution in [3.05, 3.63) is 12.2 Å². The van der Waals surface area contributed by atoms with E-state index in [1.54, 1.807) is 0 Å². The van der Waals surface area contributed by atoms with Gasteiger partial charge in [-0.15, -0.1) is 0 Å². The summed E-state index contributed by atoms with van der Waals surface area (Å²) in [5, 5.41) is 23.1. The third kappa shape index (κ3) is 38.3. The number of rotatable bonds is 42. The van der Waals surface area contributed by atoms with Gasteiger partial charge in [0.1, 0.15) is 0 Å². The van der Waals surface area contributed by atoms with Gasteiger partial charge in [0.25, 0.3) is 0 Å². The molecule has 0 fully saturated rings. The van der Waals surface area contributed by atoms with E-state index in [0.717, 1.165) is 51.4 Å². The maximum Gasteiger partial charge on any atom is 0.305 e. The Morgan fingerprint density at radius 1 is 0.519 bits per heavy atom. The molecule has 0 bridgehead atoms. The first-order valence-electron chi connectivity index (χ1n) is 22.9. The third-order valence-corrected chi connectivity index (χ3v) is 10.6. The molecule has 0 aliphatic rings. The smallest absolute Gasteiger partial charge is 0.305 e. The molecule has 0 saturated carbocycles. The lowest BCUT2D eigenvalue weighted by Crippen LogP contribution is -2.45. The van der Waals surface area contributed by atoms with Crippen molar-refractivity contribution < 1.29 is 24.5 Å². The Bertz CT molecular complexity index is 772. The molecule has 3 N–H and O–H groups in total. The summed E-state index contributed by atoms with van der Waals surface area (Å²) in [7, 11) is 0. The van der Waals surface area contributed by atoms with Crippen LogP contribution in [0.1, 0.15) is 245 Å². The van der Waals surface area contributed by atoms with Crippen LogP contribution < -0.4 is 5.32 Å². The lowest BCUT2D eigenvalue weighted by Gasteiger charge is -2.22. The van der Waals surface area contributed by atoms with Crippen LogP contribution in [0.25, 0.3) is 0 Å². The fourth-order valence-electron chi connectivity index (χ4n) is 6.98. The van der Waals surface area contributed by atoms with Crippen LogP contribution in [0.5, 0.6) is 0 Å². The molecule has 0 aromatic carbocycles. The molecule has 0 aromatic rings. The van der Waals surface area contributed by atoms with E-state index in [1.165, 1.54) is 161 Å². The van der Waals surface area contributed by atoms with Crippen LogP contribution in [0.4, 0.5) is 0 Å². The van der Waals surface area contributed by atoms with Crippen molar-refractivity contribution in [2.24, 2.45) is 0 Å². The topological polar surface area (TPSA) is 95.9 Å². The summed E-state index contributed by atoms with van der Waals surface area (Å²) in [6.45, 7) is 4.87. The Labute approximate surface area is 323 Å². The van der Waals surface area contributed by atoms with Gasteiger partial charge in [0.05, 0.1) is 25.4 Å². The molecule has 2 unspecified atom stereocenters. The van der Waals surface area contributed by atoms with Gasteiger partial charge in [0, 0.05) is 12.8 Å². The Morgan fingerprint density at radius 3 is 1.40 bits per heavy atom. The lowest BCUT2D eigenvalue weighted by molar-refractivity contribution is -0.143. The van der Waals surface area contributed by atoms with Crippen molar-refractivity contribution in [3.63, 3.8) is 0 Å². The van der Waals surface area contributed by atoms with Crippen LogP contribution in [-0.2, 0) is 14.3 Å². The van der Waals surface area contributed by atoms with Crippen LogP contribution in [0.15, 0.2) is 12.2 Å². The van der Waals surface area contributed by atoms with E-state index < -0.39 is 12.1 Å². The van der Waals surface area contributed by atoms with Crippen molar-refractivity contribution >= 4 is 11.9 Å². The molecule has 6 heteroatoms. The fraction of sp³-hybridized carbons (Fsp3) is 0.913. The van der Waals surface area contributed by atoms with E-state index in [-0.39, 0.29) is 18.5 Å². The van der Waals surface area contributed by atoms with E-state index in [0.29, 0.717) is 25.9 Å². The number of carbonyl (C=O) groups is 2. The predicted molar refractivity (Wildman–Crippen MR) is 223 cm³/mol. The lowest BCUT2D eigenvalue weighted by atomic mass is 10.0. The highest BCUT2D eigenvalue weighted by molar-refractivity contribution is 5.76. The molecule has 0 heterocycles. The highest BCUT2D eigenvalue weighted by Crippen LogP contribution is 2.15. The van der Waals surface area contributed by atoms with E-state index in [2.05, 4.69) is 31.3 Å². The molecule has 0 aliphatic heterocycles. The molecule has 0 saturated heterocycles. The summed E-state index contributed by atoms with van der Waals surface area (Å²) in [6, 6.07) is -0.548. The van der Waals surface area contributed by atoms with Gasteiger partial charge in [0.15, 0.2) is 0 Å². The zero-order valence-corrected chi connectivity index (χ0v) is 34.8. The summed E-state index contributed by atoms with van der Waals surface area (Å²) in [4.78, 5) is 24.3. The number of hydrogen-bond acceptors (Lipinski definition) is 5. The van der Waals surface area contributed by atoms with E-state index in [1.807, 2.05) is 0 Å². The highest BCUT2D eigenvalue weighted by Gasteiger charge is 2.20. The molecule has 0 spiro atoms. The van der Waals surface area contributed by atoms with E-state index in [9.17, 15) is 19.8 Å². The second-order valence-electron chi connectivity index (χ2n) is 15.7. The number of nitrogens with one attached hydrogen (secondary N) is 1. The van der Waals surface area contributed by atoms with Crippen molar-refractivity contribution in [1.29, 1.82) is 0 Å². The molecule has 1 amide bonds. The molecule has 0 radical (unpaired) electrons. The van der Waals surface area contributed by atoms with Gasteiger partial charge in [0.2, 0.25) is 5.91 Å². The van der Waals surface area contributed by atoms with Crippen molar-refractivity contribution in [1.82, 2.24) is 5.32 Å². The number of amides is 1. The van der Waals surface area contributed by atoms with E-state index in [4.69, 9.17) is 4.74 Å². The molecule has 2 atom stereocenters. The van der Waals surface area contributed by atoms with Crippen LogP contribution >= 0.6 is 0 Å². The van der Waals surface area contributed by atoms with Crippen LogP contribution in [-0.4, -0.2) is 47.4 Å². The zero-order chi connectivity index (χ0) is 38.0. The number of esters is 1. The number of aliphatic hydroxyl groups is 2. The summed E-state index contributed by atoms with van der Waals surface area (Å²) in [6.07, 6.45) is 45.9. The average molecular weight is 736 g/mol. The van der Waals surface area contributed by atoms with Crippen LogP contribution in [0.3, 0.4) is 0 Å². The van der Waals surface area contributed by atoms with Crippen molar-refractivity contribution in [2.45, 2.75) is 257 Å². The van der Waals surface area contributed by atoms with Gasteiger partial charge in [-0.05, 0) is 51.4 Å². The number of ether oxygens (including phenoxy) is 1. The molecule has 52 heavy (non-hydrogen) atoms. The first-order chi connectivity index (χ1) is 25.5. The van der Waals surface area contributed by atoms with Gasteiger partial charge in [-0.3, -0.25) is 9.59 Å². The Hall–Kier alpha value is -1.40. The summed E-state index contributed by atoms with van der Waals surface area (Å²) in [5.41, 5.74) is 0. The number of aliphatic hydroxyl groups excluding tert-OH is 2. The first-order valence-corrected chi connectivity index (χ1v) is 22.9. The largest absolute Gasteiger partial charge is 0.466 e. The Morgan fingerprint density at radius 2 is 0.904 bits per heavy atom. The maximum absolute atomic E-state index is 12.4. The molecular formula is C46H89NO5. The molecule has 308 valence electrons. The van der Waals surface area contributed by atoms with Gasteiger partial charge in [-0.1, -0.05) is 193 Å². The fourth-order valence-corrected chi connectivity index (χ4v) is 6.98. The minimum atomic E-state index is -0.670. The number of unbranched alkanes of at least 4 members (excludes halogenated alkanes) is 29. The molecule has 0 rings (SSSR count). The highest BCUT2D eigenvalue weighted by atomic mass is 16.5. The summed E-state index contributed by atoms with van der Waals surface area (Å²) >= 11 is 0. The molecule has 6 nitrogen and oxygen atoms in total. The molecular weight excluding hydrogens is 647 g/mol. The van der Waals surface area contributed by atoms with Crippen LogP contribution in [0.2, 0.25) is 0 Å². The first kappa shape index (κ1) is 50.6. The SMILES string of the molecule is CCCCC/C=C\CCCCCCCC(=O)OCCCCCCCCCCCCCCCC(=O)NC(CO)C(O)CCCCCCCCCCCC. The Balaban J connectivity index is 3.45. The minimum Gasteiger partial charge on any atom is -0.466 e. The number of carbonyl (C=O) groups excluding carboxylic acids is 2. The van der Waals surface area contributed by atoms with Gasteiger partial charge >= 0.3 is 5.97 Å². The monoisotopic (exact) mass is 736 g/mol. The van der Waals surface area contributed by atoms with Gasteiger partial charge in [-0.2, -0.15) is 0 Å². The minimum absolute atomic E-state index is 0.0161. The van der Waals surface area contributed by atoms with Gasteiger partial charge in [-0.25, -0.2) is 0 Å². The normalized spacial score (nSPS) is 12.8. The van der Waals surface area contributed by atoms with Gasteiger partial charge < -0.3 is 20.3 Å². The standard InChI is InChI=1S/C46H89NO5/c1-3-5-7-9-11-13-15-20-24-28-32-36-40-46(51)52-41-37-33-29-25-21-18-16-17-19-23-27-31-35-39-45(50)47-43(42-48)44(49)38-34-30-26-22-14-12-10-8-6-4-2/h11,13,43-44,48-49H,3-10,12,14-42H2,1-2H3,(H,47,50)/b13-11-. The predicted octanol–water partition coefficient (Wildman–Crippen LogP) is 13.0. The maximum atomic E-state index is 12.4. The average Bonchev–Trinajstić information content (AvgIpc) is 3.14. The number of allylic oxidation sites excluding steroid dienone is 2. The summed E-state index contributed by atoms with van der Waals surface area (Å²) < 4.78 is 5.43. The van der Waals surface area contributed by atoms with E-state index >= 15 is 0 Å². The molecule has 0 aliphatic carbocycles. The molecule has 0 aromatic heterocycles. The van der Waals surface area contributed by atoms with Crippen molar-refractivity contribution in [3.8, 4) is 0 Å². The van der Waals surface area contributed by atoms with Crippen molar-refractivity contribution in [2.75, 3.05) is 13.2 Å². The third-order valence-electron chi connectivity index (χ3n) is 10.6. The summed E-state index contributed by atoms with van der Waals surface area (Å²) in [5.74, 6) is -0.0664. The second kappa shape index (κ2) is 42.3. The second-order valence-corrected chi connectivity index (χ2v) is 15.7.